The molecular formula is C13H24N4O2. The van der Waals surface area contributed by atoms with Crippen LogP contribution in [0.5, 0.6) is 0 Å². The van der Waals surface area contributed by atoms with Crippen LogP contribution in [0.2, 0.25) is 0 Å². The fourth-order valence-electron chi connectivity index (χ4n) is 2.02. The first-order valence-electron chi connectivity index (χ1n) is 6.73. The lowest BCUT2D eigenvalue weighted by Gasteiger charge is -2.29. The van der Waals surface area contributed by atoms with Crippen LogP contribution in [0, 0.1) is 5.41 Å². The highest BCUT2D eigenvalue weighted by atomic mass is 16.3. The monoisotopic (exact) mass is 268 g/mol. The molecule has 108 valence electrons. The fourth-order valence-corrected chi connectivity index (χ4v) is 2.02. The van der Waals surface area contributed by atoms with Gasteiger partial charge >= 0.3 is 0 Å². The molecule has 0 aliphatic carbocycles. The van der Waals surface area contributed by atoms with Crippen LogP contribution in [-0.2, 0) is 6.54 Å². The molecule has 0 atom stereocenters. The van der Waals surface area contributed by atoms with Gasteiger partial charge in [0.15, 0.2) is 0 Å². The first kappa shape index (κ1) is 15.5. The lowest BCUT2D eigenvalue weighted by Crippen LogP contribution is -2.40. The van der Waals surface area contributed by atoms with Crippen LogP contribution in [0.25, 0.3) is 0 Å². The molecule has 0 radical (unpaired) electrons. The van der Waals surface area contributed by atoms with E-state index in [1.807, 2.05) is 20.8 Å². The number of nitrogens with one attached hydrogen (secondary N) is 1. The van der Waals surface area contributed by atoms with E-state index < -0.39 is 0 Å². The Hall–Kier alpha value is -1.56. The first-order valence-corrected chi connectivity index (χ1v) is 6.73. The Morgan fingerprint density at radius 1 is 1.47 bits per heavy atom. The maximum atomic E-state index is 12.2. The lowest BCUT2D eigenvalue weighted by molar-refractivity contribution is 0.0843. The highest BCUT2D eigenvalue weighted by Crippen LogP contribution is 2.24. The van der Waals surface area contributed by atoms with Gasteiger partial charge in [0.1, 0.15) is 5.69 Å². The number of hydrogen-bond donors (Lipinski definition) is 3. The summed E-state index contributed by atoms with van der Waals surface area (Å²) in [6, 6.07) is 0. The molecule has 0 bridgehead atoms. The van der Waals surface area contributed by atoms with E-state index in [4.69, 9.17) is 5.73 Å². The molecule has 1 aromatic heterocycles. The number of aromatic nitrogens is 2. The molecule has 1 amide bonds. The number of carbonyl (C=O) groups is 1. The summed E-state index contributed by atoms with van der Waals surface area (Å²) in [5.74, 6) is -0.239. The van der Waals surface area contributed by atoms with Gasteiger partial charge in [-0.3, -0.25) is 9.48 Å². The molecule has 0 fully saturated rings. The average Bonchev–Trinajstić information content (AvgIpc) is 2.82. The Kier molecular flexibility index (Phi) is 5.35. The maximum Gasteiger partial charge on any atom is 0.271 e. The van der Waals surface area contributed by atoms with Gasteiger partial charge < -0.3 is 16.2 Å². The molecule has 6 nitrogen and oxygen atoms in total. The molecule has 0 unspecified atom stereocenters. The summed E-state index contributed by atoms with van der Waals surface area (Å²) in [5, 5.41) is 16.4. The van der Waals surface area contributed by atoms with Gasteiger partial charge in [0.2, 0.25) is 0 Å². The lowest BCUT2D eigenvalue weighted by atomic mass is 9.83. The molecule has 19 heavy (non-hydrogen) atoms. The van der Waals surface area contributed by atoms with Crippen LogP contribution in [-0.4, -0.2) is 33.9 Å². The van der Waals surface area contributed by atoms with Crippen molar-refractivity contribution in [1.29, 1.82) is 0 Å². The Labute approximate surface area is 114 Å². The van der Waals surface area contributed by atoms with E-state index in [1.165, 1.54) is 6.20 Å². The second-order valence-electron chi connectivity index (χ2n) is 4.81. The van der Waals surface area contributed by atoms with Crippen molar-refractivity contribution in [3.63, 3.8) is 0 Å². The van der Waals surface area contributed by atoms with Gasteiger partial charge in [-0.15, -0.1) is 0 Å². The predicted molar refractivity (Wildman–Crippen MR) is 74.7 cm³/mol. The third-order valence-electron chi connectivity index (χ3n) is 3.84. The normalized spacial score (nSPS) is 11.6. The van der Waals surface area contributed by atoms with Gasteiger partial charge in [0, 0.05) is 18.5 Å². The number of aliphatic hydroxyl groups is 1. The van der Waals surface area contributed by atoms with Crippen molar-refractivity contribution in [1.82, 2.24) is 15.1 Å². The standard InChI is InChI=1S/C13H24N4O2/c1-4-13(5-2,9-18)8-15-12(19)11-10(14)7-16-17(11)6-3/h7,18H,4-6,8-9,14H2,1-3H3,(H,15,19). The van der Waals surface area contributed by atoms with E-state index >= 15 is 0 Å². The fraction of sp³-hybridized carbons (Fsp3) is 0.692. The summed E-state index contributed by atoms with van der Waals surface area (Å²) >= 11 is 0. The number of nitrogen functional groups attached to an aromatic ring is 1. The molecule has 6 heteroatoms. The Balaban J connectivity index is 2.77. The number of hydrogen-bond acceptors (Lipinski definition) is 4. The highest BCUT2D eigenvalue weighted by molar-refractivity contribution is 5.97. The Morgan fingerprint density at radius 3 is 2.58 bits per heavy atom. The number of carbonyl (C=O) groups excluding carboxylic acids is 1. The summed E-state index contributed by atoms with van der Waals surface area (Å²) in [6.45, 7) is 7.01. The van der Waals surface area contributed by atoms with Gasteiger partial charge in [-0.05, 0) is 19.8 Å². The van der Waals surface area contributed by atoms with E-state index in [0.29, 0.717) is 24.5 Å². The van der Waals surface area contributed by atoms with Crippen molar-refractivity contribution >= 4 is 11.6 Å². The van der Waals surface area contributed by atoms with E-state index in [1.54, 1.807) is 4.68 Å². The quantitative estimate of drug-likeness (QED) is 0.688. The number of nitrogens with two attached hydrogens (primary N) is 1. The van der Waals surface area contributed by atoms with Crippen molar-refractivity contribution < 1.29 is 9.90 Å². The SMILES string of the molecule is CCn1ncc(N)c1C(=O)NCC(CC)(CC)CO. The van der Waals surface area contributed by atoms with Crippen LogP contribution in [0.15, 0.2) is 6.20 Å². The molecule has 1 rings (SSSR count). The van der Waals surface area contributed by atoms with Crippen molar-refractivity contribution in [2.75, 3.05) is 18.9 Å². The summed E-state index contributed by atoms with van der Waals surface area (Å²) < 4.78 is 1.57. The molecule has 0 spiro atoms. The van der Waals surface area contributed by atoms with Gasteiger partial charge in [-0.25, -0.2) is 0 Å². The molecule has 1 aromatic rings. The minimum atomic E-state index is -0.262. The minimum absolute atomic E-state index is 0.0583. The van der Waals surface area contributed by atoms with Crippen LogP contribution in [0.1, 0.15) is 44.1 Å². The zero-order valence-corrected chi connectivity index (χ0v) is 11.9. The van der Waals surface area contributed by atoms with E-state index in [9.17, 15) is 9.90 Å². The molecule has 0 saturated carbocycles. The minimum Gasteiger partial charge on any atom is -0.396 e. The Morgan fingerprint density at radius 2 is 2.11 bits per heavy atom. The van der Waals surface area contributed by atoms with Crippen LogP contribution in [0.4, 0.5) is 5.69 Å². The molecule has 1 heterocycles. The van der Waals surface area contributed by atoms with E-state index in [2.05, 4.69) is 10.4 Å². The molecular weight excluding hydrogens is 244 g/mol. The summed E-state index contributed by atoms with van der Waals surface area (Å²) in [4.78, 5) is 12.2. The predicted octanol–water partition coefficient (Wildman–Crippen LogP) is 1.01. The van der Waals surface area contributed by atoms with E-state index in [0.717, 1.165) is 12.8 Å². The molecule has 0 saturated heterocycles. The van der Waals surface area contributed by atoms with Gasteiger partial charge in [0.25, 0.3) is 5.91 Å². The number of nitrogens with zero attached hydrogens (tertiary/aromatic N) is 2. The third kappa shape index (κ3) is 3.26. The Bertz CT molecular complexity index is 416. The molecule has 4 N–H and O–H groups in total. The molecule has 0 aromatic carbocycles. The zero-order chi connectivity index (χ0) is 14.5. The topological polar surface area (TPSA) is 93.2 Å². The second-order valence-corrected chi connectivity index (χ2v) is 4.81. The van der Waals surface area contributed by atoms with Gasteiger partial charge in [0.05, 0.1) is 18.5 Å². The number of aliphatic hydroxyl groups excluding tert-OH is 1. The summed E-state index contributed by atoms with van der Waals surface area (Å²) in [6.07, 6.45) is 3.10. The number of amides is 1. The van der Waals surface area contributed by atoms with Crippen molar-refractivity contribution in [3.05, 3.63) is 11.9 Å². The smallest absolute Gasteiger partial charge is 0.271 e. The summed E-state index contributed by atoms with van der Waals surface area (Å²) in [7, 11) is 0. The number of anilines is 1. The zero-order valence-electron chi connectivity index (χ0n) is 11.9. The third-order valence-corrected chi connectivity index (χ3v) is 3.84. The van der Waals surface area contributed by atoms with Crippen LogP contribution >= 0.6 is 0 Å². The number of aryl methyl sites for hydroxylation is 1. The summed E-state index contributed by atoms with van der Waals surface area (Å²) in [5.41, 5.74) is 6.27. The molecule has 0 aliphatic heterocycles. The van der Waals surface area contributed by atoms with Gasteiger partial charge in [-0.1, -0.05) is 13.8 Å². The van der Waals surface area contributed by atoms with Crippen molar-refractivity contribution in [3.8, 4) is 0 Å². The first-order chi connectivity index (χ1) is 9.03. The van der Waals surface area contributed by atoms with Crippen molar-refractivity contribution in [2.45, 2.75) is 40.2 Å². The van der Waals surface area contributed by atoms with Gasteiger partial charge in [-0.2, -0.15) is 5.10 Å². The molecule has 0 aliphatic rings. The number of rotatable bonds is 7. The van der Waals surface area contributed by atoms with E-state index in [-0.39, 0.29) is 17.9 Å². The largest absolute Gasteiger partial charge is 0.396 e. The second kappa shape index (κ2) is 6.56. The van der Waals surface area contributed by atoms with Crippen LogP contribution < -0.4 is 11.1 Å². The average molecular weight is 268 g/mol. The maximum absolute atomic E-state index is 12.2. The van der Waals surface area contributed by atoms with Crippen molar-refractivity contribution in [2.24, 2.45) is 5.41 Å². The highest BCUT2D eigenvalue weighted by Gasteiger charge is 2.27. The van der Waals surface area contributed by atoms with Crippen LogP contribution in [0.3, 0.4) is 0 Å².